The van der Waals surface area contributed by atoms with E-state index in [9.17, 15) is 9.59 Å². The molecule has 0 aliphatic rings. The number of hydrogen-bond acceptors (Lipinski definition) is 6. The lowest BCUT2D eigenvalue weighted by atomic mass is 10.0. The van der Waals surface area contributed by atoms with Gasteiger partial charge in [-0.15, -0.1) is 0 Å². The van der Waals surface area contributed by atoms with Crippen LogP contribution in [0.4, 0.5) is 11.4 Å². The molecule has 2 unspecified atom stereocenters. The van der Waals surface area contributed by atoms with E-state index in [0.717, 1.165) is 37.1 Å². The number of ether oxygens (including phenoxy) is 2. The summed E-state index contributed by atoms with van der Waals surface area (Å²) in [6, 6.07) is 17.4. The highest BCUT2D eigenvalue weighted by Crippen LogP contribution is 2.31. The second kappa shape index (κ2) is 13.5. The molecular weight excluding hydrogens is 404 g/mol. The first-order valence-corrected chi connectivity index (χ1v) is 11.4. The summed E-state index contributed by atoms with van der Waals surface area (Å²) in [5.74, 6) is -0.880. The number of unbranched alkanes of at least 4 members (excludes halogenated alkanes) is 2. The van der Waals surface area contributed by atoms with Gasteiger partial charge in [0, 0.05) is 11.4 Å². The molecule has 32 heavy (non-hydrogen) atoms. The van der Waals surface area contributed by atoms with Gasteiger partial charge >= 0.3 is 11.9 Å². The quantitative estimate of drug-likeness (QED) is 0.329. The SMILES string of the molecule is CCCCOC(=O)C(C(C(=O)OCCCC)N(c1ccccc1)c1ccccc1)N(C)C. The Bertz CT molecular complexity index is 772. The van der Waals surface area contributed by atoms with E-state index in [1.807, 2.05) is 79.4 Å². The minimum absolute atomic E-state index is 0.314. The van der Waals surface area contributed by atoms with Crippen molar-refractivity contribution in [3.05, 3.63) is 60.7 Å². The van der Waals surface area contributed by atoms with Gasteiger partial charge in [-0.25, -0.2) is 4.79 Å². The van der Waals surface area contributed by atoms with E-state index < -0.39 is 24.0 Å². The summed E-state index contributed by atoms with van der Waals surface area (Å²) < 4.78 is 11.2. The summed E-state index contributed by atoms with van der Waals surface area (Å²) in [7, 11) is 3.57. The van der Waals surface area contributed by atoms with Crippen LogP contribution in [0.5, 0.6) is 0 Å². The molecule has 0 aliphatic heterocycles. The van der Waals surface area contributed by atoms with Gasteiger partial charge in [-0.2, -0.15) is 0 Å². The van der Waals surface area contributed by atoms with Gasteiger partial charge in [-0.1, -0.05) is 63.1 Å². The number of para-hydroxylation sites is 2. The maximum Gasteiger partial charge on any atom is 0.331 e. The van der Waals surface area contributed by atoms with Gasteiger partial charge in [0.15, 0.2) is 6.04 Å². The Morgan fingerprint density at radius 1 is 0.719 bits per heavy atom. The number of carbonyl (C=O) groups excluding carboxylic acids is 2. The average molecular weight is 441 g/mol. The van der Waals surface area contributed by atoms with Crippen LogP contribution in [0.2, 0.25) is 0 Å². The lowest BCUT2D eigenvalue weighted by molar-refractivity contribution is -0.157. The molecule has 174 valence electrons. The molecule has 0 aliphatic carbocycles. The summed E-state index contributed by atoms with van der Waals surface area (Å²) in [5, 5.41) is 0. The number of benzene rings is 2. The molecule has 2 atom stereocenters. The van der Waals surface area contributed by atoms with Gasteiger partial charge in [0.25, 0.3) is 0 Å². The summed E-state index contributed by atoms with van der Waals surface area (Å²) in [6.07, 6.45) is 3.37. The number of nitrogens with zero attached hydrogens (tertiary/aromatic N) is 2. The zero-order valence-corrected chi connectivity index (χ0v) is 19.7. The molecular formula is C26H36N2O4. The van der Waals surface area contributed by atoms with Crippen molar-refractivity contribution in [2.45, 2.75) is 51.6 Å². The Labute approximate surface area is 192 Å². The fraction of sp³-hybridized carbons (Fsp3) is 0.462. The third kappa shape index (κ3) is 7.09. The van der Waals surface area contributed by atoms with E-state index in [1.165, 1.54) is 0 Å². The third-order valence-electron chi connectivity index (χ3n) is 5.17. The number of rotatable bonds is 13. The van der Waals surface area contributed by atoms with E-state index >= 15 is 0 Å². The average Bonchev–Trinajstić information content (AvgIpc) is 2.80. The molecule has 0 fully saturated rings. The molecule has 0 bridgehead atoms. The minimum Gasteiger partial charge on any atom is -0.464 e. The molecule has 2 rings (SSSR count). The fourth-order valence-corrected chi connectivity index (χ4v) is 3.45. The van der Waals surface area contributed by atoms with Crippen molar-refractivity contribution in [1.82, 2.24) is 4.90 Å². The predicted octanol–water partition coefficient (Wildman–Crippen LogP) is 4.81. The highest BCUT2D eigenvalue weighted by molar-refractivity contribution is 5.92. The Balaban J connectivity index is 2.54. The highest BCUT2D eigenvalue weighted by Gasteiger charge is 2.42. The first-order valence-electron chi connectivity index (χ1n) is 11.4. The molecule has 0 saturated carbocycles. The Morgan fingerprint density at radius 3 is 1.50 bits per heavy atom. The van der Waals surface area contributed by atoms with Crippen LogP contribution in [0.25, 0.3) is 0 Å². The summed E-state index contributed by atoms with van der Waals surface area (Å²) in [4.78, 5) is 30.3. The zero-order chi connectivity index (χ0) is 23.3. The van der Waals surface area contributed by atoms with Gasteiger partial charge in [-0.05, 0) is 51.2 Å². The number of carbonyl (C=O) groups is 2. The number of anilines is 2. The zero-order valence-electron chi connectivity index (χ0n) is 19.7. The number of hydrogen-bond donors (Lipinski definition) is 0. The van der Waals surface area contributed by atoms with Crippen LogP contribution in [0.1, 0.15) is 39.5 Å². The maximum absolute atomic E-state index is 13.5. The largest absolute Gasteiger partial charge is 0.464 e. The predicted molar refractivity (Wildman–Crippen MR) is 128 cm³/mol. The van der Waals surface area contributed by atoms with Crippen LogP contribution in [0.3, 0.4) is 0 Å². The molecule has 2 aromatic rings. The van der Waals surface area contributed by atoms with Crippen molar-refractivity contribution >= 4 is 23.3 Å². The lowest BCUT2D eigenvalue weighted by Crippen LogP contribution is -2.57. The van der Waals surface area contributed by atoms with Gasteiger partial charge in [0.2, 0.25) is 0 Å². The second-order valence-corrected chi connectivity index (χ2v) is 7.94. The normalized spacial score (nSPS) is 12.8. The lowest BCUT2D eigenvalue weighted by Gasteiger charge is -2.38. The van der Waals surface area contributed by atoms with Crippen LogP contribution in [0.15, 0.2) is 60.7 Å². The van der Waals surface area contributed by atoms with E-state index in [1.54, 1.807) is 19.0 Å². The summed E-state index contributed by atoms with van der Waals surface area (Å²) in [6.45, 7) is 4.72. The number of likely N-dealkylation sites (N-methyl/N-ethyl adjacent to an activating group) is 1. The topological polar surface area (TPSA) is 59.1 Å². The Kier molecular flexibility index (Phi) is 10.7. The highest BCUT2D eigenvalue weighted by atomic mass is 16.5. The molecule has 0 amide bonds. The minimum atomic E-state index is -0.916. The molecule has 0 aromatic heterocycles. The van der Waals surface area contributed by atoms with E-state index in [4.69, 9.17) is 9.47 Å². The smallest absolute Gasteiger partial charge is 0.331 e. The Morgan fingerprint density at radius 2 is 1.12 bits per heavy atom. The van der Waals surface area contributed by atoms with Crippen molar-refractivity contribution < 1.29 is 19.1 Å². The van der Waals surface area contributed by atoms with Gasteiger partial charge in [-0.3, -0.25) is 9.69 Å². The second-order valence-electron chi connectivity index (χ2n) is 7.94. The van der Waals surface area contributed by atoms with Crippen LogP contribution in [-0.4, -0.2) is 56.2 Å². The molecule has 6 heteroatoms. The van der Waals surface area contributed by atoms with E-state index in [-0.39, 0.29) is 0 Å². The maximum atomic E-state index is 13.5. The third-order valence-corrected chi connectivity index (χ3v) is 5.17. The van der Waals surface area contributed by atoms with Gasteiger partial charge in [0.1, 0.15) is 6.04 Å². The monoisotopic (exact) mass is 440 g/mol. The summed E-state index contributed by atoms with van der Waals surface area (Å²) >= 11 is 0. The fourth-order valence-electron chi connectivity index (χ4n) is 3.45. The standard InChI is InChI=1S/C26H36N2O4/c1-5-7-19-31-25(29)23(27(3)4)24(26(30)32-20-8-6-2)28(21-15-11-9-12-16-21)22-17-13-10-14-18-22/h9-18,23-24H,5-8,19-20H2,1-4H3. The first kappa shape index (κ1) is 25.4. The van der Waals surface area contributed by atoms with Crippen molar-refractivity contribution in [3.8, 4) is 0 Å². The van der Waals surface area contributed by atoms with E-state index in [0.29, 0.717) is 13.2 Å². The summed E-state index contributed by atoms with van der Waals surface area (Å²) in [5.41, 5.74) is 1.59. The van der Waals surface area contributed by atoms with Crippen LogP contribution >= 0.6 is 0 Å². The van der Waals surface area contributed by atoms with Crippen molar-refractivity contribution in [2.24, 2.45) is 0 Å². The molecule has 0 spiro atoms. The Hall–Kier alpha value is -2.86. The van der Waals surface area contributed by atoms with Crippen LogP contribution in [-0.2, 0) is 19.1 Å². The van der Waals surface area contributed by atoms with Crippen LogP contribution < -0.4 is 4.90 Å². The van der Waals surface area contributed by atoms with Crippen molar-refractivity contribution in [3.63, 3.8) is 0 Å². The van der Waals surface area contributed by atoms with E-state index in [2.05, 4.69) is 0 Å². The van der Waals surface area contributed by atoms with Gasteiger partial charge < -0.3 is 14.4 Å². The van der Waals surface area contributed by atoms with Crippen LogP contribution in [0, 0.1) is 0 Å². The molecule has 0 saturated heterocycles. The number of esters is 2. The molecule has 6 nitrogen and oxygen atoms in total. The molecule has 0 N–H and O–H groups in total. The van der Waals surface area contributed by atoms with Crippen molar-refractivity contribution in [1.29, 1.82) is 0 Å². The van der Waals surface area contributed by atoms with Gasteiger partial charge in [0.05, 0.1) is 13.2 Å². The first-order chi connectivity index (χ1) is 15.5. The van der Waals surface area contributed by atoms with Crippen molar-refractivity contribution in [2.75, 3.05) is 32.2 Å². The molecule has 0 radical (unpaired) electrons. The molecule has 2 aromatic carbocycles. The molecule has 0 heterocycles.